The maximum Gasteiger partial charge on any atom is 0.341 e. The van der Waals surface area contributed by atoms with E-state index in [4.69, 9.17) is 23.7 Å². The lowest BCUT2D eigenvalue weighted by molar-refractivity contribution is -0.204. The van der Waals surface area contributed by atoms with Crippen LogP contribution in [0.3, 0.4) is 0 Å². The Hall–Kier alpha value is -1.97. The van der Waals surface area contributed by atoms with Gasteiger partial charge in [-0.15, -0.1) is 0 Å². The Morgan fingerprint density at radius 3 is 2.45 bits per heavy atom. The van der Waals surface area contributed by atoms with Crippen molar-refractivity contribution in [1.82, 2.24) is 0 Å². The minimum Gasteiger partial charge on any atom is -0.455 e. The predicted molar refractivity (Wildman–Crippen MR) is 113 cm³/mol. The molecule has 9 nitrogen and oxygen atoms in total. The van der Waals surface area contributed by atoms with Gasteiger partial charge >= 0.3 is 17.9 Å². The largest absolute Gasteiger partial charge is 0.455 e. The molecular weight excluding hydrogens is 432 g/mol. The second kappa shape index (κ2) is 8.36. The Bertz CT molecular complexity index is 844. The standard InChI is InChI=1S/C24H34O9/c1-13(25)29-19-11-15(20(32-19)30-14(2)26)16-12-18-24(33-18,21(27)31-16)10-7-17-22(3,4)8-6-9-23(17,5)28/h11,16-20,28H,6-10,12H2,1-5H3/t16-,17?,18-,19?,20?,23?,24+/m1/s1. The molecule has 3 heterocycles. The highest BCUT2D eigenvalue weighted by molar-refractivity contribution is 5.85. The zero-order valence-corrected chi connectivity index (χ0v) is 19.9. The zero-order chi connectivity index (χ0) is 24.2. The summed E-state index contributed by atoms with van der Waals surface area (Å²) in [5.41, 5.74) is -1.38. The fourth-order valence-electron chi connectivity index (χ4n) is 5.99. The quantitative estimate of drug-likeness (QED) is 0.272. The Morgan fingerprint density at radius 1 is 1.15 bits per heavy atom. The van der Waals surface area contributed by atoms with E-state index in [2.05, 4.69) is 13.8 Å². The molecule has 1 aliphatic carbocycles. The van der Waals surface area contributed by atoms with Gasteiger partial charge in [0.05, 0.1) is 5.60 Å². The highest BCUT2D eigenvalue weighted by atomic mass is 16.8. The van der Waals surface area contributed by atoms with Crippen LogP contribution in [0.4, 0.5) is 0 Å². The number of aliphatic hydroxyl groups is 1. The van der Waals surface area contributed by atoms with Crippen molar-refractivity contribution in [2.45, 2.75) is 109 Å². The molecule has 0 amide bonds. The van der Waals surface area contributed by atoms with Gasteiger partial charge in [0.2, 0.25) is 12.6 Å². The molecule has 33 heavy (non-hydrogen) atoms. The first kappa shape index (κ1) is 24.2. The predicted octanol–water partition coefficient (Wildman–Crippen LogP) is 2.53. The topological polar surface area (TPSA) is 121 Å². The molecule has 1 N–H and O–H groups in total. The Kier molecular flexibility index (Phi) is 6.12. The zero-order valence-electron chi connectivity index (χ0n) is 19.9. The van der Waals surface area contributed by atoms with E-state index in [0.29, 0.717) is 24.8 Å². The number of cyclic esters (lactones) is 1. The van der Waals surface area contributed by atoms with Crippen LogP contribution in [0.2, 0.25) is 0 Å². The third-order valence-electron chi connectivity index (χ3n) is 7.63. The number of fused-ring (bicyclic) bond motifs is 1. The average molecular weight is 467 g/mol. The number of esters is 3. The smallest absolute Gasteiger partial charge is 0.341 e. The molecule has 0 aromatic rings. The summed E-state index contributed by atoms with van der Waals surface area (Å²) in [5.74, 6) is -1.54. The van der Waals surface area contributed by atoms with Gasteiger partial charge in [-0.3, -0.25) is 14.3 Å². The summed E-state index contributed by atoms with van der Waals surface area (Å²) < 4.78 is 27.3. The van der Waals surface area contributed by atoms with Crippen molar-refractivity contribution in [2.24, 2.45) is 11.3 Å². The lowest BCUT2D eigenvalue weighted by Crippen LogP contribution is -2.48. The molecule has 7 atom stereocenters. The van der Waals surface area contributed by atoms with Crippen molar-refractivity contribution >= 4 is 17.9 Å². The van der Waals surface area contributed by atoms with Crippen LogP contribution in [0.15, 0.2) is 11.6 Å². The van der Waals surface area contributed by atoms with E-state index < -0.39 is 47.8 Å². The molecule has 3 fully saturated rings. The molecule has 4 aliphatic rings. The summed E-state index contributed by atoms with van der Waals surface area (Å²) in [6.07, 6.45) is 2.63. The van der Waals surface area contributed by atoms with Crippen LogP contribution < -0.4 is 0 Å². The molecule has 2 saturated heterocycles. The average Bonchev–Trinajstić information content (AvgIpc) is 3.26. The first-order valence-electron chi connectivity index (χ1n) is 11.7. The van der Waals surface area contributed by atoms with Gasteiger partial charge in [-0.05, 0) is 50.0 Å². The normalized spacial score (nSPS) is 41.5. The number of hydrogen-bond acceptors (Lipinski definition) is 9. The van der Waals surface area contributed by atoms with E-state index in [1.54, 1.807) is 0 Å². The second-order valence-electron chi connectivity index (χ2n) is 10.6. The molecular formula is C24H34O9. The molecule has 0 aromatic heterocycles. The first-order chi connectivity index (χ1) is 15.3. The van der Waals surface area contributed by atoms with Gasteiger partial charge in [-0.25, -0.2) is 4.79 Å². The summed E-state index contributed by atoms with van der Waals surface area (Å²) in [7, 11) is 0. The number of hydrogen-bond donors (Lipinski definition) is 1. The van der Waals surface area contributed by atoms with Crippen molar-refractivity contribution in [2.75, 3.05) is 0 Å². The molecule has 4 unspecified atom stereocenters. The van der Waals surface area contributed by atoms with Crippen LogP contribution in [0.5, 0.6) is 0 Å². The third-order valence-corrected chi connectivity index (χ3v) is 7.63. The minimum atomic E-state index is -1.10. The van der Waals surface area contributed by atoms with Gasteiger partial charge in [0.25, 0.3) is 0 Å². The third kappa shape index (κ3) is 4.68. The molecule has 4 rings (SSSR count). The van der Waals surface area contributed by atoms with Crippen molar-refractivity contribution < 1.29 is 43.2 Å². The molecule has 0 spiro atoms. The Labute approximate surface area is 193 Å². The number of epoxide rings is 1. The Balaban J connectivity index is 1.43. The van der Waals surface area contributed by atoms with Crippen LogP contribution in [0.1, 0.15) is 73.1 Å². The van der Waals surface area contributed by atoms with Crippen LogP contribution >= 0.6 is 0 Å². The number of rotatable bonds is 6. The van der Waals surface area contributed by atoms with E-state index in [1.807, 2.05) is 6.92 Å². The highest BCUT2D eigenvalue weighted by Gasteiger charge is 2.68. The maximum atomic E-state index is 13.0. The summed E-state index contributed by atoms with van der Waals surface area (Å²) >= 11 is 0. The van der Waals surface area contributed by atoms with Crippen molar-refractivity contribution in [3.05, 3.63) is 11.6 Å². The molecule has 0 bridgehead atoms. The minimum absolute atomic E-state index is 0.0289. The molecule has 3 aliphatic heterocycles. The lowest BCUT2D eigenvalue weighted by Gasteiger charge is -2.48. The number of carbonyl (C=O) groups excluding carboxylic acids is 3. The summed E-state index contributed by atoms with van der Waals surface area (Å²) in [4.78, 5) is 35.8. The van der Waals surface area contributed by atoms with Crippen molar-refractivity contribution in [3.8, 4) is 0 Å². The van der Waals surface area contributed by atoms with E-state index >= 15 is 0 Å². The lowest BCUT2D eigenvalue weighted by atomic mass is 9.60. The van der Waals surface area contributed by atoms with Crippen LogP contribution in [-0.2, 0) is 38.1 Å². The van der Waals surface area contributed by atoms with Crippen LogP contribution in [-0.4, -0.2) is 59.0 Å². The molecule has 0 aromatic carbocycles. The van der Waals surface area contributed by atoms with E-state index in [9.17, 15) is 19.5 Å². The van der Waals surface area contributed by atoms with Gasteiger partial charge < -0.3 is 24.1 Å². The molecule has 184 valence electrons. The van der Waals surface area contributed by atoms with Crippen LogP contribution in [0.25, 0.3) is 0 Å². The number of ether oxygens (including phenoxy) is 5. The molecule has 1 saturated carbocycles. The van der Waals surface area contributed by atoms with Gasteiger partial charge in [0.1, 0.15) is 12.2 Å². The van der Waals surface area contributed by atoms with Crippen molar-refractivity contribution in [3.63, 3.8) is 0 Å². The second-order valence-corrected chi connectivity index (χ2v) is 10.6. The van der Waals surface area contributed by atoms with Crippen LogP contribution in [0, 0.1) is 11.3 Å². The van der Waals surface area contributed by atoms with E-state index in [1.165, 1.54) is 19.9 Å². The molecule has 0 radical (unpaired) electrons. The van der Waals surface area contributed by atoms with Crippen molar-refractivity contribution in [1.29, 1.82) is 0 Å². The highest BCUT2D eigenvalue weighted by Crippen LogP contribution is 2.54. The summed E-state index contributed by atoms with van der Waals surface area (Å²) in [6, 6.07) is 0. The van der Waals surface area contributed by atoms with Gasteiger partial charge in [0, 0.05) is 25.8 Å². The number of carbonyl (C=O) groups is 3. The van der Waals surface area contributed by atoms with Gasteiger partial charge in [0.15, 0.2) is 5.60 Å². The Morgan fingerprint density at radius 2 is 1.85 bits per heavy atom. The fraction of sp³-hybridized carbons (Fsp3) is 0.792. The van der Waals surface area contributed by atoms with E-state index in [-0.39, 0.29) is 17.4 Å². The molecule has 9 heteroatoms. The summed E-state index contributed by atoms with van der Waals surface area (Å²) in [5, 5.41) is 11.0. The maximum absolute atomic E-state index is 13.0. The van der Waals surface area contributed by atoms with E-state index in [0.717, 1.165) is 19.3 Å². The SMILES string of the molecule is CC(=O)OC1C=C([C@H]2C[C@H]3O[C@]3(CCC3C(C)(C)CCCC3(C)O)C(=O)O2)C(OC(C)=O)O1. The fourth-order valence-corrected chi connectivity index (χ4v) is 5.99. The summed E-state index contributed by atoms with van der Waals surface area (Å²) in [6.45, 7) is 8.71. The van der Waals surface area contributed by atoms with Gasteiger partial charge in [-0.2, -0.15) is 0 Å². The van der Waals surface area contributed by atoms with Gasteiger partial charge in [-0.1, -0.05) is 20.3 Å². The monoisotopic (exact) mass is 466 g/mol. The first-order valence-corrected chi connectivity index (χ1v) is 11.7.